The van der Waals surface area contributed by atoms with Gasteiger partial charge in [-0.3, -0.25) is 9.78 Å². The van der Waals surface area contributed by atoms with E-state index in [0.29, 0.717) is 18.5 Å². The van der Waals surface area contributed by atoms with Crippen molar-refractivity contribution < 1.29 is 9.90 Å². The van der Waals surface area contributed by atoms with E-state index in [1.165, 1.54) is 0 Å². The maximum absolute atomic E-state index is 12.3. The van der Waals surface area contributed by atoms with E-state index in [0.717, 1.165) is 22.3 Å². The Kier molecular flexibility index (Phi) is 3.63. The average Bonchev–Trinajstić information content (AvgIpc) is 2.48. The zero-order chi connectivity index (χ0) is 14.0. The van der Waals surface area contributed by atoms with Gasteiger partial charge in [0.2, 0.25) is 0 Å². The lowest BCUT2D eigenvalue weighted by atomic mass is 9.95. The first kappa shape index (κ1) is 13.4. The molecule has 0 radical (unpaired) electrons. The molecule has 1 aliphatic rings. The fourth-order valence-corrected chi connectivity index (χ4v) is 3.56. The maximum Gasteiger partial charge on any atom is 0.256 e. The number of carbonyl (C=O) groups excluding carboxylic acids is 1. The van der Waals surface area contributed by atoms with Crippen LogP contribution in [0.25, 0.3) is 10.8 Å². The smallest absolute Gasteiger partial charge is 0.256 e. The van der Waals surface area contributed by atoms with Gasteiger partial charge >= 0.3 is 0 Å². The van der Waals surface area contributed by atoms with Gasteiger partial charge in [0.1, 0.15) is 5.60 Å². The van der Waals surface area contributed by atoms with Crippen molar-refractivity contribution in [3.05, 3.63) is 36.7 Å². The highest BCUT2D eigenvalue weighted by atomic mass is 32.2. The number of hydrogen-bond donors (Lipinski definition) is 2. The predicted molar refractivity (Wildman–Crippen MR) is 81.9 cm³/mol. The molecule has 0 atom stereocenters. The minimum absolute atomic E-state index is 0.323. The van der Waals surface area contributed by atoms with Gasteiger partial charge < -0.3 is 10.4 Å². The molecule has 1 aromatic carbocycles. The van der Waals surface area contributed by atoms with Gasteiger partial charge in [-0.15, -0.1) is 0 Å². The summed E-state index contributed by atoms with van der Waals surface area (Å²) in [4.78, 5) is 16.5. The SMILES string of the molecule is O=C(Nc1cncc2ccccc12)C1(O)CCSCC1. The number of carbonyl (C=O) groups is 1. The number of aromatic nitrogens is 1. The van der Waals surface area contributed by atoms with Gasteiger partial charge in [-0.2, -0.15) is 11.8 Å². The number of pyridine rings is 1. The second-order valence-corrected chi connectivity index (χ2v) is 6.23. The fraction of sp³-hybridized carbons (Fsp3) is 0.333. The molecule has 1 aromatic heterocycles. The van der Waals surface area contributed by atoms with Crippen LogP contribution in [-0.2, 0) is 4.79 Å². The fourth-order valence-electron chi connectivity index (χ4n) is 2.39. The molecule has 3 rings (SSSR count). The summed E-state index contributed by atoms with van der Waals surface area (Å²) in [6.07, 6.45) is 4.39. The monoisotopic (exact) mass is 288 g/mol. The van der Waals surface area contributed by atoms with Crippen LogP contribution in [0.1, 0.15) is 12.8 Å². The van der Waals surface area contributed by atoms with Gasteiger partial charge in [0.25, 0.3) is 5.91 Å². The van der Waals surface area contributed by atoms with Gasteiger partial charge in [-0.25, -0.2) is 0 Å². The van der Waals surface area contributed by atoms with Crippen LogP contribution in [0.2, 0.25) is 0 Å². The zero-order valence-corrected chi connectivity index (χ0v) is 11.8. The summed E-state index contributed by atoms with van der Waals surface area (Å²) in [5, 5.41) is 15.2. The highest BCUT2D eigenvalue weighted by Gasteiger charge is 2.37. The minimum atomic E-state index is -1.25. The summed E-state index contributed by atoms with van der Waals surface area (Å²) in [6, 6.07) is 7.74. The summed E-state index contributed by atoms with van der Waals surface area (Å²) in [7, 11) is 0. The standard InChI is InChI=1S/C15H16N2O2S/c18-14(15(19)5-7-20-8-6-15)17-13-10-16-9-11-3-1-2-4-12(11)13/h1-4,9-10,19H,5-8H2,(H,17,18). The van der Waals surface area contributed by atoms with Crippen LogP contribution in [0, 0.1) is 0 Å². The van der Waals surface area contributed by atoms with Crippen LogP contribution in [0.4, 0.5) is 5.69 Å². The van der Waals surface area contributed by atoms with Crippen molar-refractivity contribution in [2.75, 3.05) is 16.8 Å². The number of benzene rings is 1. The number of nitrogens with zero attached hydrogens (tertiary/aromatic N) is 1. The maximum atomic E-state index is 12.3. The Morgan fingerprint density at radius 2 is 2.00 bits per heavy atom. The number of anilines is 1. The van der Waals surface area contributed by atoms with Crippen molar-refractivity contribution in [1.82, 2.24) is 4.98 Å². The molecule has 2 heterocycles. The number of nitrogens with one attached hydrogen (secondary N) is 1. The molecule has 1 saturated heterocycles. The van der Waals surface area contributed by atoms with Crippen LogP contribution < -0.4 is 5.32 Å². The summed E-state index contributed by atoms with van der Waals surface area (Å²) in [5.41, 5.74) is -0.595. The molecule has 0 unspecified atom stereocenters. The zero-order valence-electron chi connectivity index (χ0n) is 11.0. The second-order valence-electron chi connectivity index (χ2n) is 5.01. The van der Waals surface area contributed by atoms with Gasteiger partial charge in [0, 0.05) is 17.0 Å². The lowest BCUT2D eigenvalue weighted by molar-refractivity contribution is -0.134. The Balaban J connectivity index is 1.87. The molecular formula is C15H16N2O2S. The molecule has 20 heavy (non-hydrogen) atoms. The summed E-state index contributed by atoms with van der Waals surface area (Å²) in [5.74, 6) is 1.31. The van der Waals surface area contributed by atoms with E-state index in [4.69, 9.17) is 0 Å². The van der Waals surface area contributed by atoms with Crippen LogP contribution in [0.3, 0.4) is 0 Å². The van der Waals surface area contributed by atoms with Crippen LogP contribution in [0.5, 0.6) is 0 Å². The molecule has 0 aliphatic carbocycles. The first-order chi connectivity index (χ1) is 9.69. The van der Waals surface area contributed by atoms with E-state index in [1.54, 1.807) is 24.2 Å². The third-order valence-corrected chi connectivity index (χ3v) is 4.64. The third-order valence-electron chi connectivity index (χ3n) is 3.66. The number of hydrogen-bond acceptors (Lipinski definition) is 4. The molecule has 1 aliphatic heterocycles. The average molecular weight is 288 g/mol. The van der Waals surface area contributed by atoms with E-state index >= 15 is 0 Å². The summed E-state index contributed by atoms with van der Waals surface area (Å²) in [6.45, 7) is 0. The van der Waals surface area contributed by atoms with Crippen LogP contribution in [-0.4, -0.2) is 33.1 Å². The Morgan fingerprint density at radius 1 is 1.25 bits per heavy atom. The van der Waals surface area contributed by atoms with E-state index in [1.807, 2.05) is 24.3 Å². The lowest BCUT2D eigenvalue weighted by Gasteiger charge is -2.30. The highest BCUT2D eigenvalue weighted by molar-refractivity contribution is 7.99. The Labute approximate surface area is 121 Å². The van der Waals surface area contributed by atoms with Crippen molar-refractivity contribution in [2.24, 2.45) is 0 Å². The van der Waals surface area contributed by atoms with Gasteiger partial charge in [0.15, 0.2) is 0 Å². The second kappa shape index (κ2) is 5.42. The van der Waals surface area contributed by atoms with Crippen molar-refractivity contribution >= 4 is 34.1 Å². The van der Waals surface area contributed by atoms with Crippen LogP contribution in [0.15, 0.2) is 36.7 Å². The third kappa shape index (κ3) is 2.51. The topological polar surface area (TPSA) is 62.2 Å². The van der Waals surface area contributed by atoms with Crippen molar-refractivity contribution in [3.63, 3.8) is 0 Å². The van der Waals surface area contributed by atoms with Crippen LogP contribution >= 0.6 is 11.8 Å². The normalized spacial score (nSPS) is 17.9. The molecule has 0 saturated carbocycles. The first-order valence-corrected chi connectivity index (χ1v) is 7.79. The molecule has 1 fully saturated rings. The Morgan fingerprint density at radius 3 is 2.80 bits per heavy atom. The lowest BCUT2D eigenvalue weighted by Crippen LogP contribution is -2.45. The van der Waals surface area contributed by atoms with E-state index in [9.17, 15) is 9.90 Å². The minimum Gasteiger partial charge on any atom is -0.380 e. The largest absolute Gasteiger partial charge is 0.380 e. The first-order valence-electron chi connectivity index (χ1n) is 6.63. The Bertz CT molecular complexity index is 633. The molecule has 2 N–H and O–H groups in total. The summed E-state index contributed by atoms with van der Waals surface area (Å²) >= 11 is 1.77. The van der Waals surface area contributed by atoms with E-state index in [-0.39, 0.29) is 5.91 Å². The number of rotatable bonds is 2. The van der Waals surface area contributed by atoms with Gasteiger partial charge in [0.05, 0.1) is 11.9 Å². The predicted octanol–water partition coefficient (Wildman–Crippen LogP) is 2.43. The molecule has 4 nitrogen and oxygen atoms in total. The van der Waals surface area contributed by atoms with E-state index < -0.39 is 5.60 Å². The quantitative estimate of drug-likeness (QED) is 0.891. The molecular weight excluding hydrogens is 272 g/mol. The molecule has 0 bridgehead atoms. The van der Waals surface area contributed by atoms with Crippen molar-refractivity contribution in [2.45, 2.75) is 18.4 Å². The number of thioether (sulfide) groups is 1. The van der Waals surface area contributed by atoms with Crippen molar-refractivity contribution in [3.8, 4) is 0 Å². The van der Waals surface area contributed by atoms with Gasteiger partial charge in [-0.05, 0) is 24.3 Å². The molecule has 1 amide bonds. The molecule has 0 spiro atoms. The summed E-state index contributed by atoms with van der Waals surface area (Å²) < 4.78 is 0. The number of amides is 1. The Hall–Kier alpha value is -1.59. The van der Waals surface area contributed by atoms with Crippen molar-refractivity contribution in [1.29, 1.82) is 0 Å². The highest BCUT2D eigenvalue weighted by Crippen LogP contribution is 2.29. The number of aliphatic hydroxyl groups is 1. The van der Waals surface area contributed by atoms with Gasteiger partial charge in [-0.1, -0.05) is 24.3 Å². The molecule has 5 heteroatoms. The molecule has 104 valence electrons. The van der Waals surface area contributed by atoms with E-state index in [2.05, 4.69) is 10.3 Å². The number of fused-ring (bicyclic) bond motifs is 1. The molecule has 2 aromatic rings.